The van der Waals surface area contributed by atoms with Gasteiger partial charge in [-0.15, -0.1) is 4.72 Å². The molecule has 2 aliphatic rings. The summed E-state index contributed by atoms with van der Waals surface area (Å²) in [6.45, 7) is 8.10. The van der Waals surface area contributed by atoms with Crippen LogP contribution in [0.5, 0.6) is 0 Å². The fourth-order valence-corrected chi connectivity index (χ4v) is 6.01. The van der Waals surface area contributed by atoms with Crippen molar-refractivity contribution in [1.29, 1.82) is 0 Å². The minimum Gasteiger partial charge on any atom is -0.598 e. The van der Waals surface area contributed by atoms with E-state index in [0.29, 0.717) is 6.04 Å². The van der Waals surface area contributed by atoms with Crippen LogP contribution in [0.3, 0.4) is 0 Å². The van der Waals surface area contributed by atoms with Gasteiger partial charge in [-0.05, 0) is 74.5 Å². The summed E-state index contributed by atoms with van der Waals surface area (Å²) in [6, 6.07) is 0.359. The Morgan fingerprint density at radius 2 is 2.00 bits per heavy atom. The van der Waals surface area contributed by atoms with E-state index in [1.54, 1.807) is 0 Å². The number of imidazole rings is 1. The predicted octanol–water partition coefficient (Wildman–Crippen LogP) is 3.52. The molecule has 1 aliphatic carbocycles. The standard InChI is InChI=1S/C19H28IN5OS/c1-18(2,3)27(26)23-15-5-4-6-19(15)7-10-24(11-8-19)17-22-13-14(20)16-21-9-12-25(16)17/h9,12-13,15,23H,4-8,10-11H2,1-3H3/t15?,27-/m1/s1. The normalized spacial score (nSPS) is 24.0. The van der Waals surface area contributed by atoms with Crippen molar-refractivity contribution in [2.24, 2.45) is 5.41 Å². The minimum atomic E-state index is -1.00. The maximum Gasteiger partial charge on any atom is 0.211 e. The molecular formula is C19H28IN5OS. The largest absolute Gasteiger partial charge is 0.598 e. The smallest absolute Gasteiger partial charge is 0.211 e. The molecule has 6 nitrogen and oxygen atoms in total. The summed E-state index contributed by atoms with van der Waals surface area (Å²) in [6.07, 6.45) is 11.6. The fraction of sp³-hybridized carbons (Fsp3) is 0.684. The molecule has 0 amide bonds. The van der Waals surface area contributed by atoms with E-state index in [4.69, 9.17) is 4.98 Å². The molecule has 8 heteroatoms. The van der Waals surface area contributed by atoms with Crippen LogP contribution in [0.4, 0.5) is 5.95 Å². The molecule has 2 aromatic heterocycles. The van der Waals surface area contributed by atoms with E-state index >= 15 is 0 Å². The van der Waals surface area contributed by atoms with Gasteiger partial charge in [0.05, 0.1) is 9.61 Å². The zero-order valence-corrected chi connectivity index (χ0v) is 19.2. The van der Waals surface area contributed by atoms with Crippen molar-refractivity contribution in [3.63, 3.8) is 0 Å². The van der Waals surface area contributed by atoms with Crippen molar-refractivity contribution in [3.05, 3.63) is 22.2 Å². The molecule has 2 fully saturated rings. The molecule has 148 valence electrons. The first-order valence-corrected chi connectivity index (χ1v) is 11.9. The van der Waals surface area contributed by atoms with Crippen LogP contribution in [0.1, 0.15) is 52.9 Å². The molecule has 27 heavy (non-hydrogen) atoms. The topological polar surface area (TPSA) is 68.5 Å². The van der Waals surface area contributed by atoms with Crippen molar-refractivity contribution in [2.75, 3.05) is 18.0 Å². The molecule has 1 aliphatic heterocycles. The Morgan fingerprint density at radius 1 is 1.26 bits per heavy atom. The number of piperidine rings is 1. The molecule has 3 heterocycles. The van der Waals surface area contributed by atoms with Gasteiger partial charge in [0, 0.05) is 43.0 Å². The number of nitrogens with zero attached hydrogens (tertiary/aromatic N) is 4. The highest BCUT2D eigenvalue weighted by atomic mass is 127. The predicted molar refractivity (Wildman–Crippen MR) is 118 cm³/mol. The third-order valence-electron chi connectivity index (χ3n) is 6.12. The van der Waals surface area contributed by atoms with Crippen molar-refractivity contribution in [3.8, 4) is 0 Å². The molecule has 2 atom stereocenters. The zero-order valence-electron chi connectivity index (χ0n) is 16.2. The fourth-order valence-electron chi connectivity index (χ4n) is 4.49. The summed E-state index contributed by atoms with van der Waals surface area (Å²) in [5, 5.41) is 0. The molecule has 1 saturated carbocycles. The van der Waals surface area contributed by atoms with Crippen molar-refractivity contribution in [1.82, 2.24) is 19.1 Å². The molecule has 0 radical (unpaired) electrons. The summed E-state index contributed by atoms with van der Waals surface area (Å²) in [7, 11) is 0. The van der Waals surface area contributed by atoms with E-state index in [9.17, 15) is 4.55 Å². The molecule has 4 rings (SSSR count). The molecule has 0 bridgehead atoms. The van der Waals surface area contributed by atoms with E-state index in [2.05, 4.69) is 41.6 Å². The lowest BCUT2D eigenvalue weighted by Gasteiger charge is -2.44. The Labute approximate surface area is 178 Å². The van der Waals surface area contributed by atoms with E-state index in [0.717, 1.165) is 47.5 Å². The lowest BCUT2D eigenvalue weighted by Crippen LogP contribution is -2.53. The Bertz CT molecular complexity index is 812. The molecule has 1 unspecified atom stereocenters. The van der Waals surface area contributed by atoms with Gasteiger partial charge in [-0.2, -0.15) is 0 Å². The number of halogens is 1. The Kier molecular flexibility index (Phi) is 5.37. The van der Waals surface area contributed by atoms with Crippen LogP contribution in [0.25, 0.3) is 5.65 Å². The molecule has 1 spiro atoms. The number of hydrogen-bond donors (Lipinski definition) is 1. The van der Waals surface area contributed by atoms with Gasteiger partial charge in [0.15, 0.2) is 5.65 Å². The van der Waals surface area contributed by atoms with Crippen molar-refractivity contribution < 1.29 is 4.55 Å². The van der Waals surface area contributed by atoms with Crippen LogP contribution < -0.4 is 9.62 Å². The van der Waals surface area contributed by atoms with E-state index in [-0.39, 0.29) is 10.2 Å². The monoisotopic (exact) mass is 501 g/mol. The number of anilines is 1. The van der Waals surface area contributed by atoms with Crippen LogP contribution >= 0.6 is 22.6 Å². The van der Waals surface area contributed by atoms with E-state index in [1.807, 2.05) is 39.4 Å². The molecule has 1 saturated heterocycles. The number of fused-ring (bicyclic) bond motifs is 1. The van der Waals surface area contributed by atoms with Crippen LogP contribution in [-0.4, -0.2) is 42.8 Å². The van der Waals surface area contributed by atoms with Crippen LogP contribution in [0.2, 0.25) is 0 Å². The molecule has 0 aromatic carbocycles. The Balaban J connectivity index is 1.49. The van der Waals surface area contributed by atoms with Crippen LogP contribution in [-0.2, 0) is 11.4 Å². The van der Waals surface area contributed by atoms with Crippen LogP contribution in [0, 0.1) is 8.99 Å². The van der Waals surface area contributed by atoms with Gasteiger partial charge in [0.2, 0.25) is 5.95 Å². The first-order valence-electron chi connectivity index (χ1n) is 9.71. The summed E-state index contributed by atoms with van der Waals surface area (Å²) in [5.41, 5.74) is 1.25. The van der Waals surface area contributed by atoms with Crippen LogP contribution in [0.15, 0.2) is 18.6 Å². The van der Waals surface area contributed by atoms with Gasteiger partial charge in [-0.3, -0.25) is 4.40 Å². The SMILES string of the molecule is CC(C)(C)[S@@+]([O-])NC1CCCC12CCN(c1ncc(I)c3nccn13)CC2. The second kappa shape index (κ2) is 7.35. The highest BCUT2D eigenvalue weighted by Gasteiger charge is 2.48. The quantitative estimate of drug-likeness (QED) is 0.515. The molecule has 2 aromatic rings. The zero-order chi connectivity index (χ0) is 19.2. The summed E-state index contributed by atoms with van der Waals surface area (Å²) >= 11 is 1.28. The maximum atomic E-state index is 12.6. The number of hydrogen-bond acceptors (Lipinski definition) is 5. The highest BCUT2D eigenvalue weighted by molar-refractivity contribution is 14.1. The third kappa shape index (κ3) is 3.70. The van der Waals surface area contributed by atoms with Gasteiger partial charge >= 0.3 is 0 Å². The maximum absolute atomic E-state index is 12.6. The molecular weight excluding hydrogens is 473 g/mol. The second-order valence-electron chi connectivity index (χ2n) is 8.82. The first kappa shape index (κ1) is 19.7. The van der Waals surface area contributed by atoms with Gasteiger partial charge in [-0.25, -0.2) is 9.97 Å². The lowest BCUT2D eigenvalue weighted by molar-refractivity contribution is 0.186. The molecule has 1 N–H and O–H groups in total. The van der Waals surface area contributed by atoms with E-state index in [1.165, 1.54) is 12.8 Å². The lowest BCUT2D eigenvalue weighted by atomic mass is 9.74. The first-order chi connectivity index (χ1) is 12.8. The Morgan fingerprint density at radius 3 is 2.70 bits per heavy atom. The number of aromatic nitrogens is 3. The summed E-state index contributed by atoms with van der Waals surface area (Å²) in [5.74, 6) is 0.985. The summed E-state index contributed by atoms with van der Waals surface area (Å²) in [4.78, 5) is 11.5. The van der Waals surface area contributed by atoms with Gasteiger partial charge in [-0.1, -0.05) is 6.42 Å². The minimum absolute atomic E-state index is 0.220. The number of nitrogens with one attached hydrogen (secondary N) is 1. The average molecular weight is 501 g/mol. The van der Waals surface area contributed by atoms with E-state index < -0.39 is 11.4 Å². The van der Waals surface area contributed by atoms with Crippen molar-refractivity contribution in [2.45, 2.75) is 63.7 Å². The highest BCUT2D eigenvalue weighted by Crippen LogP contribution is 2.47. The summed E-state index contributed by atoms with van der Waals surface area (Å²) < 4.78 is 19.1. The average Bonchev–Trinajstić information content (AvgIpc) is 3.25. The second-order valence-corrected chi connectivity index (χ2v) is 12.0. The van der Waals surface area contributed by atoms with Crippen molar-refractivity contribution >= 4 is 45.5 Å². The third-order valence-corrected chi connectivity index (χ3v) is 8.49. The van der Waals surface area contributed by atoms with Gasteiger partial charge < -0.3 is 9.45 Å². The Hall–Kier alpha value is -0.580. The van der Waals surface area contributed by atoms with Gasteiger partial charge in [0.1, 0.15) is 4.75 Å². The number of rotatable bonds is 3. The van der Waals surface area contributed by atoms with Gasteiger partial charge in [0.25, 0.3) is 0 Å².